The summed E-state index contributed by atoms with van der Waals surface area (Å²) < 4.78 is 0. The Morgan fingerprint density at radius 2 is 1.76 bits per heavy atom. The van der Waals surface area contributed by atoms with Crippen molar-refractivity contribution in [2.24, 2.45) is 5.92 Å². The van der Waals surface area contributed by atoms with Gasteiger partial charge in [0, 0.05) is 12.1 Å². The second kappa shape index (κ2) is 4.89. The fourth-order valence-corrected chi connectivity index (χ4v) is 4.25. The number of piperidine rings is 1. The van der Waals surface area contributed by atoms with E-state index >= 15 is 0 Å². The SMILES string of the molecule is CCN1CCCC12CCN(CC1CCC1)CC2. The van der Waals surface area contributed by atoms with Gasteiger partial charge in [0.15, 0.2) is 0 Å². The molecule has 3 fully saturated rings. The molecule has 0 aromatic carbocycles. The van der Waals surface area contributed by atoms with Gasteiger partial charge in [0.2, 0.25) is 0 Å². The van der Waals surface area contributed by atoms with Crippen molar-refractivity contribution in [3.8, 4) is 0 Å². The summed E-state index contributed by atoms with van der Waals surface area (Å²) in [5, 5.41) is 0. The number of likely N-dealkylation sites (tertiary alicyclic amines) is 2. The van der Waals surface area contributed by atoms with Crippen LogP contribution in [-0.2, 0) is 0 Å². The molecule has 1 aliphatic carbocycles. The lowest BCUT2D eigenvalue weighted by Gasteiger charge is -2.46. The lowest BCUT2D eigenvalue weighted by Crippen LogP contribution is -2.52. The van der Waals surface area contributed by atoms with E-state index in [1.165, 1.54) is 77.7 Å². The quantitative estimate of drug-likeness (QED) is 0.743. The Bertz CT molecular complexity index is 252. The molecule has 2 saturated heterocycles. The first-order valence-corrected chi connectivity index (χ1v) is 7.80. The van der Waals surface area contributed by atoms with Crippen molar-refractivity contribution in [2.75, 3.05) is 32.7 Å². The van der Waals surface area contributed by atoms with Gasteiger partial charge in [0.1, 0.15) is 0 Å². The summed E-state index contributed by atoms with van der Waals surface area (Å²) >= 11 is 0. The maximum Gasteiger partial charge on any atom is 0.0234 e. The molecule has 17 heavy (non-hydrogen) atoms. The standard InChI is InChI=1S/C15H28N2/c1-2-17-10-4-7-15(17)8-11-16(12-9-15)13-14-5-3-6-14/h14H,2-13H2,1H3. The second-order valence-corrected chi connectivity index (χ2v) is 6.51. The molecular weight excluding hydrogens is 208 g/mol. The van der Waals surface area contributed by atoms with Crippen LogP contribution in [0.15, 0.2) is 0 Å². The molecule has 0 aromatic heterocycles. The van der Waals surface area contributed by atoms with Gasteiger partial charge in [-0.2, -0.15) is 0 Å². The molecule has 0 amide bonds. The van der Waals surface area contributed by atoms with Gasteiger partial charge in [-0.05, 0) is 70.6 Å². The topological polar surface area (TPSA) is 6.48 Å². The lowest BCUT2D eigenvalue weighted by atomic mass is 9.82. The molecule has 1 spiro atoms. The van der Waals surface area contributed by atoms with E-state index in [2.05, 4.69) is 16.7 Å². The van der Waals surface area contributed by atoms with E-state index in [0.29, 0.717) is 5.54 Å². The van der Waals surface area contributed by atoms with Gasteiger partial charge in [0.05, 0.1) is 0 Å². The molecule has 2 nitrogen and oxygen atoms in total. The monoisotopic (exact) mass is 236 g/mol. The number of nitrogens with zero attached hydrogens (tertiary/aromatic N) is 2. The minimum Gasteiger partial charge on any atom is -0.303 e. The van der Waals surface area contributed by atoms with E-state index in [0.717, 1.165) is 5.92 Å². The van der Waals surface area contributed by atoms with Crippen molar-refractivity contribution in [1.29, 1.82) is 0 Å². The van der Waals surface area contributed by atoms with Gasteiger partial charge < -0.3 is 4.90 Å². The molecule has 0 aromatic rings. The van der Waals surface area contributed by atoms with Crippen LogP contribution >= 0.6 is 0 Å². The minimum atomic E-state index is 0.616. The third-order valence-electron chi connectivity index (χ3n) is 5.65. The highest BCUT2D eigenvalue weighted by Crippen LogP contribution is 2.38. The normalized spacial score (nSPS) is 30.9. The molecule has 2 heterocycles. The van der Waals surface area contributed by atoms with Gasteiger partial charge in [-0.1, -0.05) is 13.3 Å². The third kappa shape index (κ3) is 2.26. The molecule has 0 unspecified atom stereocenters. The molecule has 2 heteroatoms. The molecule has 3 aliphatic rings. The van der Waals surface area contributed by atoms with Gasteiger partial charge >= 0.3 is 0 Å². The molecule has 3 rings (SSSR count). The largest absolute Gasteiger partial charge is 0.303 e. The van der Waals surface area contributed by atoms with Crippen LogP contribution < -0.4 is 0 Å². The van der Waals surface area contributed by atoms with E-state index in [1.54, 1.807) is 0 Å². The highest BCUT2D eigenvalue weighted by atomic mass is 15.2. The zero-order valence-electron chi connectivity index (χ0n) is 11.5. The van der Waals surface area contributed by atoms with Crippen molar-refractivity contribution in [3.05, 3.63) is 0 Å². The van der Waals surface area contributed by atoms with Crippen LogP contribution in [0.5, 0.6) is 0 Å². The molecule has 0 bridgehead atoms. The maximum atomic E-state index is 2.77. The van der Waals surface area contributed by atoms with Crippen LogP contribution in [-0.4, -0.2) is 48.1 Å². The first-order valence-electron chi connectivity index (χ1n) is 7.80. The average molecular weight is 236 g/mol. The second-order valence-electron chi connectivity index (χ2n) is 6.51. The first-order chi connectivity index (χ1) is 8.32. The molecule has 0 N–H and O–H groups in total. The summed E-state index contributed by atoms with van der Waals surface area (Å²) in [6.45, 7) is 9.11. The smallest absolute Gasteiger partial charge is 0.0234 e. The minimum absolute atomic E-state index is 0.616. The molecule has 0 radical (unpaired) electrons. The number of rotatable bonds is 3. The Labute approximate surface area is 106 Å². The number of hydrogen-bond donors (Lipinski definition) is 0. The van der Waals surface area contributed by atoms with Crippen molar-refractivity contribution in [2.45, 2.75) is 57.4 Å². The predicted molar refractivity (Wildman–Crippen MR) is 72.2 cm³/mol. The average Bonchev–Trinajstić information content (AvgIpc) is 2.69. The van der Waals surface area contributed by atoms with Gasteiger partial charge in [-0.3, -0.25) is 4.90 Å². The summed E-state index contributed by atoms with van der Waals surface area (Å²) in [4.78, 5) is 5.52. The Hall–Kier alpha value is -0.0800. The maximum absolute atomic E-state index is 2.77. The van der Waals surface area contributed by atoms with Crippen LogP contribution in [0, 0.1) is 5.92 Å². The summed E-state index contributed by atoms with van der Waals surface area (Å²) in [7, 11) is 0. The van der Waals surface area contributed by atoms with Gasteiger partial charge in [-0.15, -0.1) is 0 Å². The van der Waals surface area contributed by atoms with Crippen molar-refractivity contribution < 1.29 is 0 Å². The van der Waals surface area contributed by atoms with Gasteiger partial charge in [-0.25, -0.2) is 0 Å². The van der Waals surface area contributed by atoms with Crippen LogP contribution in [0.2, 0.25) is 0 Å². The van der Waals surface area contributed by atoms with Crippen molar-refractivity contribution in [3.63, 3.8) is 0 Å². The number of hydrogen-bond acceptors (Lipinski definition) is 2. The van der Waals surface area contributed by atoms with Crippen LogP contribution in [0.1, 0.15) is 51.9 Å². The van der Waals surface area contributed by atoms with E-state index < -0.39 is 0 Å². The Morgan fingerprint density at radius 3 is 2.35 bits per heavy atom. The summed E-state index contributed by atoms with van der Waals surface area (Å²) in [6, 6.07) is 0. The van der Waals surface area contributed by atoms with Crippen molar-refractivity contribution >= 4 is 0 Å². The summed E-state index contributed by atoms with van der Waals surface area (Å²) in [6.07, 6.45) is 10.3. The Balaban J connectivity index is 1.52. The fraction of sp³-hybridized carbons (Fsp3) is 1.00. The first kappa shape index (κ1) is 12.0. The van der Waals surface area contributed by atoms with E-state index in [1.807, 2.05) is 0 Å². The highest BCUT2D eigenvalue weighted by Gasteiger charge is 2.42. The third-order valence-corrected chi connectivity index (χ3v) is 5.65. The zero-order valence-corrected chi connectivity index (χ0v) is 11.5. The van der Waals surface area contributed by atoms with E-state index in [4.69, 9.17) is 0 Å². The van der Waals surface area contributed by atoms with Crippen LogP contribution in [0.4, 0.5) is 0 Å². The molecule has 98 valence electrons. The zero-order chi connectivity index (χ0) is 11.7. The van der Waals surface area contributed by atoms with Crippen molar-refractivity contribution in [1.82, 2.24) is 9.80 Å². The lowest BCUT2D eigenvalue weighted by molar-refractivity contribution is 0.0439. The Morgan fingerprint density at radius 1 is 1.00 bits per heavy atom. The molecule has 0 atom stereocenters. The highest BCUT2D eigenvalue weighted by molar-refractivity contribution is 4.99. The summed E-state index contributed by atoms with van der Waals surface area (Å²) in [5.41, 5.74) is 0.616. The molecule has 2 aliphatic heterocycles. The van der Waals surface area contributed by atoms with Crippen LogP contribution in [0.3, 0.4) is 0 Å². The Kier molecular flexibility index (Phi) is 3.45. The summed E-state index contributed by atoms with van der Waals surface area (Å²) in [5.74, 6) is 1.05. The van der Waals surface area contributed by atoms with E-state index in [-0.39, 0.29) is 0 Å². The van der Waals surface area contributed by atoms with Crippen LogP contribution in [0.25, 0.3) is 0 Å². The van der Waals surface area contributed by atoms with Gasteiger partial charge in [0.25, 0.3) is 0 Å². The molecular formula is C15H28N2. The fourth-order valence-electron chi connectivity index (χ4n) is 4.25. The molecule has 1 saturated carbocycles. The van der Waals surface area contributed by atoms with E-state index in [9.17, 15) is 0 Å². The predicted octanol–water partition coefficient (Wildman–Crippen LogP) is 2.74.